The molecule has 0 saturated heterocycles. The SMILES string of the molecule is CCCCCC(=O)Nc1cccc(NC(=S)NC(=O)c2ccc(Cl)cc2)c1. The minimum atomic E-state index is -0.329. The smallest absolute Gasteiger partial charge is 0.257 e. The molecule has 0 aliphatic heterocycles. The van der Waals surface area contributed by atoms with Crippen molar-refractivity contribution in [2.45, 2.75) is 32.6 Å². The van der Waals surface area contributed by atoms with Crippen LogP contribution in [-0.2, 0) is 4.79 Å². The third-order valence-electron chi connectivity index (χ3n) is 3.75. The van der Waals surface area contributed by atoms with Crippen molar-refractivity contribution in [1.82, 2.24) is 5.32 Å². The number of anilines is 2. The first-order chi connectivity index (χ1) is 13.0. The molecule has 2 amide bonds. The zero-order chi connectivity index (χ0) is 19.6. The highest BCUT2D eigenvalue weighted by Crippen LogP contribution is 2.16. The average molecular weight is 404 g/mol. The molecular weight excluding hydrogens is 382 g/mol. The summed E-state index contributed by atoms with van der Waals surface area (Å²) in [6, 6.07) is 13.7. The summed E-state index contributed by atoms with van der Waals surface area (Å²) in [5, 5.41) is 9.14. The lowest BCUT2D eigenvalue weighted by Crippen LogP contribution is -2.34. The van der Waals surface area contributed by atoms with Crippen molar-refractivity contribution in [3.63, 3.8) is 0 Å². The van der Waals surface area contributed by atoms with Crippen LogP contribution < -0.4 is 16.0 Å². The molecule has 0 saturated carbocycles. The minimum absolute atomic E-state index is 0.0146. The van der Waals surface area contributed by atoms with Gasteiger partial charge < -0.3 is 10.6 Å². The van der Waals surface area contributed by atoms with E-state index in [0.29, 0.717) is 28.4 Å². The molecule has 3 N–H and O–H groups in total. The van der Waals surface area contributed by atoms with Gasteiger partial charge in [0.2, 0.25) is 5.91 Å². The second-order valence-electron chi connectivity index (χ2n) is 6.00. The van der Waals surface area contributed by atoms with Gasteiger partial charge in [-0.1, -0.05) is 37.4 Å². The number of hydrogen-bond acceptors (Lipinski definition) is 3. The maximum absolute atomic E-state index is 12.2. The van der Waals surface area contributed by atoms with Crippen LogP contribution in [0.1, 0.15) is 43.0 Å². The Hall–Kier alpha value is -2.44. The summed E-state index contributed by atoms with van der Waals surface area (Å²) in [5.74, 6) is -0.344. The van der Waals surface area contributed by atoms with Crippen LogP contribution in [0.5, 0.6) is 0 Å². The molecule has 2 aromatic carbocycles. The van der Waals surface area contributed by atoms with E-state index in [1.807, 2.05) is 0 Å². The Morgan fingerprint density at radius 1 is 1.00 bits per heavy atom. The van der Waals surface area contributed by atoms with Gasteiger partial charge in [0, 0.05) is 28.4 Å². The first kappa shape index (κ1) is 20.9. The lowest BCUT2D eigenvalue weighted by Gasteiger charge is -2.11. The predicted molar refractivity (Wildman–Crippen MR) is 114 cm³/mol. The van der Waals surface area contributed by atoms with E-state index in [9.17, 15) is 9.59 Å². The standard InChI is InChI=1S/C20H22ClN3O2S/c1-2-3-4-8-18(25)22-16-6-5-7-17(13-16)23-20(27)24-19(26)14-9-11-15(21)12-10-14/h5-7,9-13H,2-4,8H2,1H3,(H,22,25)(H2,23,24,26,27). The van der Waals surface area contributed by atoms with Crippen molar-refractivity contribution < 1.29 is 9.59 Å². The monoisotopic (exact) mass is 403 g/mol. The number of benzene rings is 2. The number of halogens is 1. The fraction of sp³-hybridized carbons (Fsp3) is 0.250. The van der Waals surface area contributed by atoms with Crippen LogP contribution in [0.4, 0.5) is 11.4 Å². The lowest BCUT2D eigenvalue weighted by atomic mass is 10.2. The summed E-state index contributed by atoms with van der Waals surface area (Å²) >= 11 is 11.0. The zero-order valence-corrected chi connectivity index (χ0v) is 16.6. The van der Waals surface area contributed by atoms with E-state index >= 15 is 0 Å². The molecular formula is C20H22ClN3O2S. The second-order valence-corrected chi connectivity index (χ2v) is 6.85. The molecule has 0 radical (unpaired) electrons. The molecule has 0 spiro atoms. The molecule has 0 unspecified atom stereocenters. The Balaban J connectivity index is 1.89. The molecule has 27 heavy (non-hydrogen) atoms. The van der Waals surface area contributed by atoms with Crippen LogP contribution in [0.3, 0.4) is 0 Å². The lowest BCUT2D eigenvalue weighted by molar-refractivity contribution is -0.116. The normalized spacial score (nSPS) is 10.1. The van der Waals surface area contributed by atoms with E-state index in [1.54, 1.807) is 48.5 Å². The summed E-state index contributed by atoms with van der Waals surface area (Å²) in [5.41, 5.74) is 1.80. The molecule has 2 aromatic rings. The number of hydrogen-bond donors (Lipinski definition) is 3. The molecule has 0 aromatic heterocycles. The van der Waals surface area contributed by atoms with Gasteiger partial charge in [-0.2, -0.15) is 0 Å². The largest absolute Gasteiger partial charge is 0.332 e. The Bertz CT molecular complexity index is 809. The number of thiocarbonyl (C=S) groups is 1. The summed E-state index contributed by atoms with van der Waals surface area (Å²) in [4.78, 5) is 24.1. The minimum Gasteiger partial charge on any atom is -0.332 e. The van der Waals surface area contributed by atoms with E-state index in [-0.39, 0.29) is 16.9 Å². The van der Waals surface area contributed by atoms with Gasteiger partial charge in [0.05, 0.1) is 0 Å². The number of carbonyl (C=O) groups is 2. The highest BCUT2D eigenvalue weighted by atomic mass is 35.5. The van der Waals surface area contributed by atoms with Crippen molar-refractivity contribution in [2.75, 3.05) is 10.6 Å². The van der Waals surface area contributed by atoms with E-state index < -0.39 is 0 Å². The van der Waals surface area contributed by atoms with Crippen molar-refractivity contribution in [1.29, 1.82) is 0 Å². The first-order valence-electron chi connectivity index (χ1n) is 8.75. The van der Waals surface area contributed by atoms with Gasteiger partial charge in [0.1, 0.15) is 0 Å². The molecule has 7 heteroatoms. The highest BCUT2D eigenvalue weighted by Gasteiger charge is 2.08. The average Bonchev–Trinajstić information content (AvgIpc) is 2.62. The van der Waals surface area contributed by atoms with Gasteiger partial charge in [0.25, 0.3) is 5.91 Å². The Morgan fingerprint density at radius 2 is 1.67 bits per heavy atom. The topological polar surface area (TPSA) is 70.2 Å². The zero-order valence-electron chi connectivity index (χ0n) is 15.0. The number of unbranched alkanes of at least 4 members (excludes halogenated alkanes) is 2. The van der Waals surface area contributed by atoms with Crippen LogP contribution in [0, 0.1) is 0 Å². The molecule has 142 valence electrons. The van der Waals surface area contributed by atoms with Crippen molar-refractivity contribution >= 4 is 52.1 Å². The summed E-state index contributed by atoms with van der Waals surface area (Å²) in [6.45, 7) is 2.10. The third kappa shape index (κ3) is 7.37. The van der Waals surface area contributed by atoms with E-state index in [1.165, 1.54) is 0 Å². The van der Waals surface area contributed by atoms with Gasteiger partial charge >= 0.3 is 0 Å². The van der Waals surface area contributed by atoms with Crippen molar-refractivity contribution in [2.24, 2.45) is 0 Å². The Kier molecular flexibility index (Phi) is 8.23. The van der Waals surface area contributed by atoms with Gasteiger partial charge in [-0.25, -0.2) is 0 Å². The molecule has 0 atom stereocenters. The van der Waals surface area contributed by atoms with E-state index in [2.05, 4.69) is 22.9 Å². The molecule has 0 aliphatic rings. The molecule has 5 nitrogen and oxygen atoms in total. The summed E-state index contributed by atoms with van der Waals surface area (Å²) in [7, 11) is 0. The summed E-state index contributed by atoms with van der Waals surface area (Å²) in [6.07, 6.45) is 3.49. The molecule has 0 bridgehead atoms. The van der Waals surface area contributed by atoms with Gasteiger partial charge in [-0.15, -0.1) is 0 Å². The second kappa shape index (κ2) is 10.6. The van der Waals surface area contributed by atoms with Gasteiger partial charge in [-0.05, 0) is 61.1 Å². The van der Waals surface area contributed by atoms with Crippen molar-refractivity contribution in [3.05, 3.63) is 59.1 Å². The summed E-state index contributed by atoms with van der Waals surface area (Å²) < 4.78 is 0. The maximum Gasteiger partial charge on any atom is 0.257 e. The van der Waals surface area contributed by atoms with Crippen LogP contribution in [0.2, 0.25) is 5.02 Å². The van der Waals surface area contributed by atoms with Crippen LogP contribution >= 0.6 is 23.8 Å². The van der Waals surface area contributed by atoms with Gasteiger partial charge in [-0.3, -0.25) is 14.9 Å². The Morgan fingerprint density at radius 3 is 2.33 bits per heavy atom. The molecule has 2 rings (SSSR count). The van der Waals surface area contributed by atoms with Gasteiger partial charge in [0.15, 0.2) is 5.11 Å². The number of carbonyl (C=O) groups excluding carboxylic acids is 2. The van der Waals surface area contributed by atoms with Crippen LogP contribution in [-0.4, -0.2) is 16.9 Å². The fourth-order valence-electron chi connectivity index (χ4n) is 2.37. The fourth-order valence-corrected chi connectivity index (χ4v) is 2.71. The van der Waals surface area contributed by atoms with E-state index in [0.717, 1.165) is 19.3 Å². The third-order valence-corrected chi connectivity index (χ3v) is 4.20. The van der Waals surface area contributed by atoms with Crippen LogP contribution in [0.15, 0.2) is 48.5 Å². The quantitative estimate of drug-likeness (QED) is 0.450. The number of rotatable bonds is 7. The van der Waals surface area contributed by atoms with E-state index in [4.69, 9.17) is 23.8 Å². The molecule has 0 aliphatic carbocycles. The number of amides is 2. The predicted octanol–water partition coefficient (Wildman–Crippen LogP) is 4.99. The van der Waals surface area contributed by atoms with Crippen molar-refractivity contribution in [3.8, 4) is 0 Å². The number of nitrogens with one attached hydrogen (secondary N) is 3. The highest BCUT2D eigenvalue weighted by molar-refractivity contribution is 7.80. The molecule has 0 heterocycles. The Labute approximate surface area is 169 Å². The molecule has 0 fully saturated rings. The first-order valence-corrected chi connectivity index (χ1v) is 9.54. The van der Waals surface area contributed by atoms with Crippen LogP contribution in [0.25, 0.3) is 0 Å². The maximum atomic E-state index is 12.2.